The number of carbonyl (C=O) groups is 1. The van der Waals surface area contributed by atoms with Gasteiger partial charge in [-0.2, -0.15) is 5.26 Å². The number of para-hydroxylation sites is 1. The van der Waals surface area contributed by atoms with Crippen molar-refractivity contribution in [1.82, 2.24) is 5.32 Å². The van der Waals surface area contributed by atoms with Crippen LogP contribution >= 0.6 is 11.6 Å². The van der Waals surface area contributed by atoms with Crippen molar-refractivity contribution in [1.29, 1.82) is 5.26 Å². The molecule has 1 amide bonds. The summed E-state index contributed by atoms with van der Waals surface area (Å²) in [6, 6.07) is 16.2. The van der Waals surface area contributed by atoms with E-state index in [9.17, 15) is 4.79 Å². The molecular weight excluding hydrogens is 300 g/mol. The lowest BCUT2D eigenvalue weighted by molar-refractivity contribution is -0.116. The van der Waals surface area contributed by atoms with E-state index in [1.807, 2.05) is 36.4 Å². The lowest BCUT2D eigenvalue weighted by Crippen LogP contribution is -2.19. The standard InChI is InChI=1S/C17H13ClN2O2/c1-20-17(21)13(11-19)9-12-7-8-15(10-16(12)18)22-14-5-3-2-4-6-14/h2-10H,1H3,(H,20,21). The molecular formula is C17H13ClN2O2. The van der Waals surface area contributed by atoms with E-state index in [0.717, 1.165) is 0 Å². The lowest BCUT2D eigenvalue weighted by Gasteiger charge is -2.07. The second-order valence-corrected chi connectivity index (χ2v) is 4.75. The molecule has 0 unspecified atom stereocenters. The monoisotopic (exact) mass is 312 g/mol. The molecule has 0 heterocycles. The highest BCUT2D eigenvalue weighted by atomic mass is 35.5. The fourth-order valence-corrected chi connectivity index (χ4v) is 1.98. The van der Waals surface area contributed by atoms with Crippen LogP contribution in [0.3, 0.4) is 0 Å². The first-order chi connectivity index (χ1) is 10.6. The zero-order valence-electron chi connectivity index (χ0n) is 11.8. The first kappa shape index (κ1) is 15.6. The minimum Gasteiger partial charge on any atom is -0.457 e. The summed E-state index contributed by atoms with van der Waals surface area (Å²) in [4.78, 5) is 11.5. The number of halogens is 1. The van der Waals surface area contributed by atoms with Gasteiger partial charge in [-0.1, -0.05) is 29.8 Å². The van der Waals surface area contributed by atoms with E-state index in [1.54, 1.807) is 18.2 Å². The Balaban J connectivity index is 2.25. The number of carbonyl (C=O) groups excluding carboxylic acids is 1. The second-order valence-electron chi connectivity index (χ2n) is 4.35. The van der Waals surface area contributed by atoms with Gasteiger partial charge in [0.2, 0.25) is 0 Å². The average Bonchev–Trinajstić information content (AvgIpc) is 2.54. The third-order valence-electron chi connectivity index (χ3n) is 2.84. The fraction of sp³-hybridized carbons (Fsp3) is 0.0588. The maximum absolute atomic E-state index is 11.5. The summed E-state index contributed by atoms with van der Waals surface area (Å²) in [6.45, 7) is 0. The van der Waals surface area contributed by atoms with E-state index < -0.39 is 5.91 Å². The SMILES string of the molecule is CNC(=O)C(C#N)=Cc1ccc(Oc2ccccc2)cc1Cl. The number of amides is 1. The second kappa shape index (κ2) is 7.30. The molecule has 0 saturated heterocycles. The Labute approximate surface area is 133 Å². The van der Waals surface area contributed by atoms with Gasteiger partial charge in [0.15, 0.2) is 0 Å². The van der Waals surface area contributed by atoms with Gasteiger partial charge in [-0.15, -0.1) is 0 Å². The smallest absolute Gasteiger partial charge is 0.261 e. The molecule has 2 aromatic rings. The van der Waals surface area contributed by atoms with Crippen molar-refractivity contribution in [2.24, 2.45) is 0 Å². The molecule has 0 aliphatic heterocycles. The number of ether oxygens (including phenoxy) is 1. The van der Waals surface area contributed by atoms with E-state index in [4.69, 9.17) is 21.6 Å². The zero-order chi connectivity index (χ0) is 15.9. The van der Waals surface area contributed by atoms with Crippen LogP contribution in [0.25, 0.3) is 6.08 Å². The Morgan fingerprint density at radius 1 is 1.23 bits per heavy atom. The van der Waals surface area contributed by atoms with Gasteiger partial charge in [0, 0.05) is 7.05 Å². The fourth-order valence-electron chi connectivity index (χ4n) is 1.75. The van der Waals surface area contributed by atoms with Gasteiger partial charge in [-0.05, 0) is 42.0 Å². The van der Waals surface area contributed by atoms with Crippen LogP contribution in [0.1, 0.15) is 5.56 Å². The van der Waals surface area contributed by atoms with Crippen molar-refractivity contribution in [3.05, 3.63) is 64.7 Å². The highest BCUT2D eigenvalue weighted by Gasteiger charge is 2.08. The van der Waals surface area contributed by atoms with Crippen molar-refractivity contribution in [3.8, 4) is 17.6 Å². The Kier molecular flexibility index (Phi) is 5.18. The van der Waals surface area contributed by atoms with E-state index >= 15 is 0 Å². The Morgan fingerprint density at radius 3 is 2.55 bits per heavy atom. The maximum atomic E-state index is 11.5. The van der Waals surface area contributed by atoms with Crippen LogP contribution in [0.15, 0.2) is 54.1 Å². The predicted molar refractivity (Wildman–Crippen MR) is 85.6 cm³/mol. The summed E-state index contributed by atoms with van der Waals surface area (Å²) in [6.07, 6.45) is 1.44. The molecule has 4 nitrogen and oxygen atoms in total. The normalized spacial score (nSPS) is 10.7. The van der Waals surface area contributed by atoms with Gasteiger partial charge in [0.1, 0.15) is 23.1 Å². The summed E-state index contributed by atoms with van der Waals surface area (Å²) in [5.74, 6) is 0.819. The molecule has 0 bridgehead atoms. The van der Waals surface area contributed by atoms with E-state index in [0.29, 0.717) is 22.1 Å². The molecule has 22 heavy (non-hydrogen) atoms. The van der Waals surface area contributed by atoms with Gasteiger partial charge >= 0.3 is 0 Å². The number of hydrogen-bond acceptors (Lipinski definition) is 3. The first-order valence-corrected chi connectivity index (χ1v) is 6.88. The highest BCUT2D eigenvalue weighted by molar-refractivity contribution is 6.32. The van der Waals surface area contributed by atoms with Crippen molar-refractivity contribution in [3.63, 3.8) is 0 Å². The van der Waals surface area contributed by atoms with E-state index in [1.165, 1.54) is 13.1 Å². The summed E-state index contributed by atoms with van der Waals surface area (Å²) >= 11 is 6.18. The molecule has 2 aromatic carbocycles. The third kappa shape index (κ3) is 3.87. The summed E-state index contributed by atoms with van der Waals surface area (Å²) in [5, 5.41) is 11.8. The van der Waals surface area contributed by atoms with Crippen LogP contribution < -0.4 is 10.1 Å². The highest BCUT2D eigenvalue weighted by Crippen LogP contribution is 2.28. The topological polar surface area (TPSA) is 62.1 Å². The van der Waals surface area contributed by atoms with Crippen LogP contribution in [0.4, 0.5) is 0 Å². The molecule has 110 valence electrons. The van der Waals surface area contributed by atoms with Gasteiger partial charge in [-0.25, -0.2) is 0 Å². The van der Waals surface area contributed by atoms with Crippen LogP contribution in [-0.4, -0.2) is 13.0 Å². The van der Waals surface area contributed by atoms with Crippen LogP contribution in [0.5, 0.6) is 11.5 Å². The molecule has 1 N–H and O–H groups in total. The Morgan fingerprint density at radius 2 is 1.95 bits per heavy atom. The minimum absolute atomic E-state index is 0.0128. The summed E-state index contributed by atoms with van der Waals surface area (Å²) in [7, 11) is 1.46. The van der Waals surface area contributed by atoms with E-state index in [-0.39, 0.29) is 5.57 Å². The summed E-state index contributed by atoms with van der Waals surface area (Å²) in [5.41, 5.74) is 0.559. The quantitative estimate of drug-likeness (QED) is 0.690. The number of rotatable bonds is 4. The Hall–Kier alpha value is -2.77. The molecule has 2 rings (SSSR count). The largest absolute Gasteiger partial charge is 0.457 e. The molecule has 0 aliphatic carbocycles. The van der Waals surface area contributed by atoms with Crippen molar-refractivity contribution >= 4 is 23.6 Å². The van der Waals surface area contributed by atoms with Gasteiger partial charge in [0.25, 0.3) is 5.91 Å². The Bertz CT molecular complexity index is 749. The molecule has 5 heteroatoms. The number of nitrogens with zero attached hydrogens (tertiary/aromatic N) is 1. The lowest BCUT2D eigenvalue weighted by atomic mass is 10.1. The van der Waals surface area contributed by atoms with E-state index in [2.05, 4.69) is 5.32 Å². The number of nitrogens with one attached hydrogen (secondary N) is 1. The van der Waals surface area contributed by atoms with Gasteiger partial charge < -0.3 is 10.1 Å². The first-order valence-electron chi connectivity index (χ1n) is 6.50. The molecule has 0 saturated carbocycles. The number of hydrogen-bond donors (Lipinski definition) is 1. The van der Waals surface area contributed by atoms with Crippen LogP contribution in [0, 0.1) is 11.3 Å². The molecule has 0 fully saturated rings. The molecule has 0 aliphatic rings. The number of benzene rings is 2. The van der Waals surface area contributed by atoms with Crippen molar-refractivity contribution in [2.45, 2.75) is 0 Å². The maximum Gasteiger partial charge on any atom is 0.261 e. The molecule has 0 radical (unpaired) electrons. The zero-order valence-corrected chi connectivity index (χ0v) is 12.6. The minimum atomic E-state index is -0.455. The molecule has 0 aromatic heterocycles. The average molecular weight is 313 g/mol. The number of likely N-dealkylation sites (N-methyl/N-ethyl adjacent to an activating group) is 1. The van der Waals surface area contributed by atoms with Gasteiger partial charge in [0.05, 0.1) is 5.02 Å². The van der Waals surface area contributed by atoms with Crippen molar-refractivity contribution in [2.75, 3.05) is 7.05 Å². The molecule has 0 spiro atoms. The predicted octanol–water partition coefficient (Wildman–Crippen LogP) is 3.79. The van der Waals surface area contributed by atoms with Crippen molar-refractivity contribution < 1.29 is 9.53 Å². The van der Waals surface area contributed by atoms with Crippen LogP contribution in [0.2, 0.25) is 5.02 Å². The number of nitriles is 1. The van der Waals surface area contributed by atoms with Gasteiger partial charge in [-0.3, -0.25) is 4.79 Å². The third-order valence-corrected chi connectivity index (χ3v) is 3.17. The molecule has 0 atom stereocenters. The van der Waals surface area contributed by atoms with Crippen LogP contribution in [-0.2, 0) is 4.79 Å². The summed E-state index contributed by atoms with van der Waals surface area (Å²) < 4.78 is 5.66.